The zero-order valence-corrected chi connectivity index (χ0v) is 14.8. The van der Waals surface area contributed by atoms with Gasteiger partial charge in [-0.25, -0.2) is 13.1 Å². The van der Waals surface area contributed by atoms with Gasteiger partial charge in [0.05, 0.1) is 18.0 Å². The molecule has 0 unspecified atom stereocenters. The summed E-state index contributed by atoms with van der Waals surface area (Å²) >= 11 is 0. The Morgan fingerprint density at radius 1 is 1.42 bits per heavy atom. The molecule has 1 saturated carbocycles. The lowest BCUT2D eigenvalue weighted by molar-refractivity contribution is -0.134. The van der Waals surface area contributed by atoms with Crippen LogP contribution in [-0.2, 0) is 21.4 Å². The Morgan fingerprint density at radius 3 is 2.88 bits per heavy atom. The van der Waals surface area contributed by atoms with E-state index in [9.17, 15) is 13.2 Å². The van der Waals surface area contributed by atoms with Crippen molar-refractivity contribution in [3.05, 3.63) is 30.1 Å². The number of nitrogens with one attached hydrogen (secondary N) is 1. The van der Waals surface area contributed by atoms with Crippen LogP contribution in [0.5, 0.6) is 0 Å². The molecule has 2 heterocycles. The van der Waals surface area contributed by atoms with E-state index in [1.165, 1.54) is 0 Å². The Hall–Kier alpha value is -1.47. The number of hydrogen-bond donors (Lipinski definition) is 1. The van der Waals surface area contributed by atoms with E-state index in [0.29, 0.717) is 18.2 Å². The number of piperidine rings is 1. The van der Waals surface area contributed by atoms with E-state index < -0.39 is 10.0 Å². The van der Waals surface area contributed by atoms with Crippen LogP contribution in [0, 0.1) is 17.8 Å². The van der Waals surface area contributed by atoms with E-state index in [1.807, 2.05) is 11.0 Å². The van der Waals surface area contributed by atoms with Gasteiger partial charge in [0, 0.05) is 25.2 Å². The van der Waals surface area contributed by atoms with Gasteiger partial charge in [-0.3, -0.25) is 9.78 Å². The first-order valence-electron chi connectivity index (χ1n) is 8.60. The smallest absolute Gasteiger partial charge is 0.225 e. The summed E-state index contributed by atoms with van der Waals surface area (Å²) in [6, 6.07) is 5.42. The zero-order chi connectivity index (χ0) is 17.2. The summed E-state index contributed by atoms with van der Waals surface area (Å²) < 4.78 is 27.2. The molecule has 2 fully saturated rings. The molecule has 1 amide bonds. The summed E-state index contributed by atoms with van der Waals surface area (Å²) in [6.07, 6.45) is 4.36. The molecule has 0 aromatic carbocycles. The van der Waals surface area contributed by atoms with Crippen LogP contribution >= 0.6 is 0 Å². The molecule has 7 heteroatoms. The average molecular weight is 351 g/mol. The quantitative estimate of drug-likeness (QED) is 0.840. The van der Waals surface area contributed by atoms with Crippen molar-refractivity contribution in [2.75, 3.05) is 18.8 Å². The van der Waals surface area contributed by atoms with Gasteiger partial charge in [0.1, 0.15) is 0 Å². The molecule has 0 radical (unpaired) electrons. The monoisotopic (exact) mass is 351 g/mol. The fourth-order valence-corrected chi connectivity index (χ4v) is 4.74. The Labute approximate surface area is 143 Å². The van der Waals surface area contributed by atoms with Crippen molar-refractivity contribution < 1.29 is 13.2 Å². The molecule has 3 atom stereocenters. The number of pyridine rings is 1. The summed E-state index contributed by atoms with van der Waals surface area (Å²) in [6.45, 7) is 3.63. The van der Waals surface area contributed by atoms with Gasteiger partial charge in [-0.05, 0) is 43.2 Å². The molecule has 1 saturated heterocycles. The SMILES string of the molecule is C[C@@H]1C[C@@H]1C(=O)N1CCC[C@H](CS(=O)(=O)NCc2ccccn2)C1. The predicted molar refractivity (Wildman–Crippen MR) is 91.4 cm³/mol. The van der Waals surface area contributed by atoms with Crippen molar-refractivity contribution in [1.82, 2.24) is 14.6 Å². The highest BCUT2D eigenvalue weighted by Crippen LogP contribution is 2.39. The fraction of sp³-hybridized carbons (Fsp3) is 0.647. The van der Waals surface area contributed by atoms with E-state index in [1.54, 1.807) is 18.3 Å². The Kier molecular flexibility index (Phi) is 5.20. The molecular formula is C17H25N3O3S. The summed E-state index contributed by atoms with van der Waals surface area (Å²) in [5, 5.41) is 0. The van der Waals surface area contributed by atoms with E-state index in [-0.39, 0.29) is 30.0 Å². The molecule has 1 aromatic heterocycles. The molecule has 3 rings (SSSR count). The van der Waals surface area contributed by atoms with Gasteiger partial charge < -0.3 is 4.90 Å². The minimum absolute atomic E-state index is 0.0120. The third kappa shape index (κ3) is 4.54. The highest BCUT2D eigenvalue weighted by molar-refractivity contribution is 7.89. The highest BCUT2D eigenvalue weighted by atomic mass is 32.2. The molecule has 2 aliphatic rings. The number of carbonyl (C=O) groups is 1. The third-order valence-electron chi connectivity index (χ3n) is 4.91. The number of sulfonamides is 1. The summed E-state index contributed by atoms with van der Waals surface area (Å²) in [4.78, 5) is 18.3. The lowest BCUT2D eigenvalue weighted by Crippen LogP contribution is -2.44. The molecule has 1 aliphatic carbocycles. The van der Waals surface area contributed by atoms with Gasteiger partial charge in [-0.2, -0.15) is 0 Å². The van der Waals surface area contributed by atoms with Crippen LogP contribution in [-0.4, -0.2) is 43.1 Å². The van der Waals surface area contributed by atoms with Crippen LogP contribution in [0.1, 0.15) is 31.9 Å². The van der Waals surface area contributed by atoms with Crippen molar-refractivity contribution in [2.45, 2.75) is 32.7 Å². The lowest BCUT2D eigenvalue weighted by Gasteiger charge is -2.33. The fourth-order valence-electron chi connectivity index (χ4n) is 3.36. The largest absolute Gasteiger partial charge is 0.342 e. The summed E-state index contributed by atoms with van der Waals surface area (Å²) in [5.74, 6) is 0.956. The highest BCUT2D eigenvalue weighted by Gasteiger charge is 2.42. The second-order valence-corrected chi connectivity index (χ2v) is 8.89. The Bertz CT molecular complexity index is 678. The van der Waals surface area contributed by atoms with Crippen molar-refractivity contribution in [3.8, 4) is 0 Å². The number of hydrogen-bond acceptors (Lipinski definition) is 4. The maximum absolute atomic E-state index is 12.3. The van der Waals surface area contributed by atoms with Crippen LogP contribution in [0.2, 0.25) is 0 Å². The summed E-state index contributed by atoms with van der Waals surface area (Å²) in [5.41, 5.74) is 0.698. The molecule has 132 valence electrons. The Morgan fingerprint density at radius 2 is 2.21 bits per heavy atom. The zero-order valence-electron chi connectivity index (χ0n) is 14.0. The molecule has 1 aromatic rings. The lowest BCUT2D eigenvalue weighted by atomic mass is 9.99. The Balaban J connectivity index is 1.51. The van der Waals surface area contributed by atoms with Gasteiger partial charge in [0.25, 0.3) is 0 Å². The number of amides is 1. The van der Waals surface area contributed by atoms with Crippen molar-refractivity contribution >= 4 is 15.9 Å². The van der Waals surface area contributed by atoms with Gasteiger partial charge in [0.15, 0.2) is 0 Å². The molecule has 6 nitrogen and oxygen atoms in total. The first-order valence-corrected chi connectivity index (χ1v) is 10.3. The number of nitrogens with zero attached hydrogens (tertiary/aromatic N) is 2. The van der Waals surface area contributed by atoms with Crippen LogP contribution in [0.15, 0.2) is 24.4 Å². The van der Waals surface area contributed by atoms with Gasteiger partial charge in [-0.15, -0.1) is 0 Å². The van der Waals surface area contributed by atoms with Gasteiger partial charge >= 0.3 is 0 Å². The maximum Gasteiger partial charge on any atom is 0.225 e. The van der Waals surface area contributed by atoms with Crippen molar-refractivity contribution in [2.24, 2.45) is 17.8 Å². The maximum atomic E-state index is 12.3. The second-order valence-electron chi connectivity index (χ2n) is 7.04. The van der Waals surface area contributed by atoms with Crippen molar-refractivity contribution in [1.29, 1.82) is 0 Å². The van der Waals surface area contributed by atoms with Crippen LogP contribution < -0.4 is 4.72 Å². The normalized spacial score (nSPS) is 27.0. The molecule has 0 spiro atoms. The standard InChI is InChI=1S/C17H25N3O3S/c1-13-9-16(13)17(21)20-8-4-5-14(11-20)12-24(22,23)19-10-15-6-2-3-7-18-15/h2-3,6-7,13-14,16,19H,4-5,8-12H2,1H3/t13-,14+,16+/m1/s1. The molecule has 1 aliphatic heterocycles. The van der Waals surface area contributed by atoms with E-state index >= 15 is 0 Å². The average Bonchev–Trinajstić information content (AvgIpc) is 3.30. The number of likely N-dealkylation sites (tertiary alicyclic amines) is 1. The second kappa shape index (κ2) is 7.19. The summed E-state index contributed by atoms with van der Waals surface area (Å²) in [7, 11) is -3.37. The first-order chi connectivity index (χ1) is 11.4. The molecular weight excluding hydrogens is 326 g/mol. The first kappa shape index (κ1) is 17.4. The topological polar surface area (TPSA) is 79.4 Å². The number of rotatable bonds is 6. The molecule has 24 heavy (non-hydrogen) atoms. The minimum Gasteiger partial charge on any atom is -0.342 e. The van der Waals surface area contributed by atoms with Crippen LogP contribution in [0.3, 0.4) is 0 Å². The predicted octanol–water partition coefficient (Wildman–Crippen LogP) is 1.40. The van der Waals surface area contributed by atoms with Gasteiger partial charge in [0.2, 0.25) is 15.9 Å². The number of carbonyl (C=O) groups excluding carboxylic acids is 1. The minimum atomic E-state index is -3.37. The van der Waals surface area contributed by atoms with Crippen LogP contribution in [0.25, 0.3) is 0 Å². The van der Waals surface area contributed by atoms with Crippen LogP contribution in [0.4, 0.5) is 0 Å². The van der Waals surface area contributed by atoms with Gasteiger partial charge in [-0.1, -0.05) is 13.0 Å². The third-order valence-corrected chi connectivity index (χ3v) is 6.41. The van der Waals surface area contributed by atoms with E-state index in [2.05, 4.69) is 16.6 Å². The van der Waals surface area contributed by atoms with E-state index in [0.717, 1.165) is 25.8 Å². The number of aromatic nitrogens is 1. The molecule has 0 bridgehead atoms. The van der Waals surface area contributed by atoms with Crippen molar-refractivity contribution in [3.63, 3.8) is 0 Å². The van der Waals surface area contributed by atoms with E-state index in [4.69, 9.17) is 0 Å². The molecule has 1 N–H and O–H groups in total.